The number of hydrogen-bond donors (Lipinski definition) is 0. The molecule has 1 atom stereocenters. The van der Waals surface area contributed by atoms with Gasteiger partial charge in [-0.15, -0.1) is 11.6 Å². The van der Waals surface area contributed by atoms with Gasteiger partial charge in [0, 0.05) is 24.1 Å². The van der Waals surface area contributed by atoms with Gasteiger partial charge in [-0.25, -0.2) is 0 Å². The minimum Gasteiger partial charge on any atom is -0.383 e. The Hall–Kier alpha value is -0.720. The molecule has 0 bridgehead atoms. The highest BCUT2D eigenvalue weighted by molar-refractivity contribution is 9.10. The number of aromatic nitrogens is 1. The average molecular weight is 310 g/mol. The molecule has 0 spiro atoms. The van der Waals surface area contributed by atoms with Crippen LogP contribution in [0.2, 0.25) is 0 Å². The van der Waals surface area contributed by atoms with E-state index in [4.69, 9.17) is 16.3 Å². The van der Waals surface area contributed by atoms with Gasteiger partial charge >= 0.3 is 0 Å². The monoisotopic (exact) mass is 308 g/mol. The third-order valence-corrected chi connectivity index (χ3v) is 2.84. The topological polar surface area (TPSA) is 65.3 Å². The normalized spacial score (nSPS) is 12.4. The minimum absolute atomic E-state index is 0.0477. The molecule has 0 radical (unpaired) electrons. The fourth-order valence-corrected chi connectivity index (χ4v) is 1.93. The highest BCUT2D eigenvalue weighted by Gasteiger charge is 2.13. The highest BCUT2D eigenvalue weighted by Crippen LogP contribution is 2.22. The molecule has 1 aromatic heterocycles. The Labute approximate surface area is 106 Å². The first-order valence-electron chi connectivity index (χ1n) is 4.46. The van der Waals surface area contributed by atoms with Crippen LogP contribution in [-0.4, -0.2) is 29.0 Å². The Bertz CT molecular complexity index is 389. The molecular weight excluding hydrogens is 299 g/mol. The first kappa shape index (κ1) is 13.3. The second-order valence-electron chi connectivity index (χ2n) is 3.14. The molecule has 88 valence electrons. The van der Waals surface area contributed by atoms with Gasteiger partial charge < -0.3 is 4.74 Å². The summed E-state index contributed by atoms with van der Waals surface area (Å²) in [5.41, 5.74) is 0.635. The van der Waals surface area contributed by atoms with Crippen LogP contribution in [0.4, 0.5) is 5.69 Å². The SMILES string of the molecule is COCC(Cl)Cc1ncc([N+](=O)[O-])cc1Br. The fraction of sp³-hybridized carbons (Fsp3) is 0.444. The van der Waals surface area contributed by atoms with Crippen LogP contribution in [0, 0.1) is 10.1 Å². The molecule has 0 N–H and O–H groups in total. The van der Waals surface area contributed by atoms with E-state index in [1.165, 1.54) is 12.3 Å². The zero-order chi connectivity index (χ0) is 12.1. The van der Waals surface area contributed by atoms with Crippen molar-refractivity contribution in [3.63, 3.8) is 0 Å². The molecule has 7 heteroatoms. The summed E-state index contributed by atoms with van der Waals surface area (Å²) in [5, 5.41) is 10.3. The van der Waals surface area contributed by atoms with Crippen molar-refractivity contribution < 1.29 is 9.66 Å². The van der Waals surface area contributed by atoms with E-state index in [2.05, 4.69) is 20.9 Å². The van der Waals surface area contributed by atoms with E-state index in [0.717, 1.165) is 0 Å². The van der Waals surface area contributed by atoms with Gasteiger partial charge in [-0.05, 0) is 15.9 Å². The number of nitrogens with zero attached hydrogens (tertiary/aromatic N) is 2. The molecule has 0 amide bonds. The van der Waals surface area contributed by atoms with Crippen molar-refractivity contribution in [2.24, 2.45) is 0 Å². The van der Waals surface area contributed by atoms with Gasteiger partial charge in [0.25, 0.3) is 5.69 Å². The number of halogens is 2. The van der Waals surface area contributed by atoms with Crippen LogP contribution in [-0.2, 0) is 11.2 Å². The Morgan fingerprint density at radius 1 is 1.75 bits per heavy atom. The zero-order valence-corrected chi connectivity index (χ0v) is 10.9. The molecule has 16 heavy (non-hydrogen) atoms. The van der Waals surface area contributed by atoms with Gasteiger partial charge in [-0.3, -0.25) is 15.1 Å². The number of rotatable bonds is 5. The molecule has 0 fully saturated rings. The van der Waals surface area contributed by atoms with E-state index in [1.54, 1.807) is 7.11 Å². The quantitative estimate of drug-likeness (QED) is 0.476. The summed E-state index contributed by atoms with van der Waals surface area (Å²) in [6.45, 7) is 0.409. The molecule has 0 aromatic carbocycles. The van der Waals surface area contributed by atoms with Gasteiger partial charge in [0.05, 0.1) is 22.6 Å². The molecule has 0 aliphatic carbocycles. The van der Waals surface area contributed by atoms with Gasteiger partial charge in [0.2, 0.25) is 0 Å². The molecule has 1 heterocycles. The van der Waals surface area contributed by atoms with Crippen LogP contribution < -0.4 is 0 Å². The van der Waals surface area contributed by atoms with Crippen molar-refractivity contribution in [2.75, 3.05) is 13.7 Å². The number of alkyl halides is 1. The van der Waals surface area contributed by atoms with E-state index >= 15 is 0 Å². The van der Waals surface area contributed by atoms with Crippen LogP contribution in [0.15, 0.2) is 16.7 Å². The lowest BCUT2D eigenvalue weighted by molar-refractivity contribution is -0.385. The maximum absolute atomic E-state index is 10.5. The van der Waals surface area contributed by atoms with Crippen LogP contribution in [0.25, 0.3) is 0 Å². The summed E-state index contributed by atoms with van der Waals surface area (Å²) in [6, 6.07) is 1.42. The maximum atomic E-state index is 10.5. The zero-order valence-electron chi connectivity index (χ0n) is 8.52. The van der Waals surface area contributed by atoms with E-state index < -0.39 is 4.92 Å². The van der Waals surface area contributed by atoms with E-state index in [-0.39, 0.29) is 11.1 Å². The molecule has 5 nitrogen and oxygen atoms in total. The van der Waals surface area contributed by atoms with Crippen molar-refractivity contribution in [3.05, 3.63) is 32.5 Å². The third kappa shape index (κ3) is 3.70. The summed E-state index contributed by atoms with van der Waals surface area (Å²) in [5.74, 6) is 0. The molecule has 0 aliphatic rings. The molecule has 0 saturated carbocycles. The molecule has 1 rings (SSSR count). The van der Waals surface area contributed by atoms with E-state index in [9.17, 15) is 10.1 Å². The lowest BCUT2D eigenvalue weighted by atomic mass is 10.2. The van der Waals surface area contributed by atoms with Crippen molar-refractivity contribution in [1.29, 1.82) is 0 Å². The second-order valence-corrected chi connectivity index (χ2v) is 4.61. The molecular formula is C9H10BrClN2O3. The van der Waals surface area contributed by atoms with Crippen LogP contribution >= 0.6 is 27.5 Å². The summed E-state index contributed by atoms with van der Waals surface area (Å²) in [6.07, 6.45) is 1.71. The van der Waals surface area contributed by atoms with Crippen molar-refractivity contribution in [1.82, 2.24) is 4.98 Å². The molecule has 1 unspecified atom stereocenters. The second kappa shape index (κ2) is 6.12. The Kier molecular flexibility index (Phi) is 5.11. The maximum Gasteiger partial charge on any atom is 0.288 e. The number of ether oxygens (including phenoxy) is 1. The number of nitro groups is 1. The average Bonchev–Trinajstić information content (AvgIpc) is 2.21. The highest BCUT2D eigenvalue weighted by atomic mass is 79.9. The predicted molar refractivity (Wildman–Crippen MR) is 63.8 cm³/mol. The van der Waals surface area contributed by atoms with Crippen LogP contribution in [0.5, 0.6) is 0 Å². The summed E-state index contributed by atoms with van der Waals surface area (Å²) >= 11 is 9.20. The summed E-state index contributed by atoms with van der Waals surface area (Å²) < 4.78 is 5.48. The fourth-order valence-electron chi connectivity index (χ4n) is 1.16. The Balaban J connectivity index is 2.79. The Morgan fingerprint density at radius 3 is 2.94 bits per heavy atom. The number of methoxy groups -OCH3 is 1. The van der Waals surface area contributed by atoms with E-state index in [0.29, 0.717) is 23.2 Å². The van der Waals surface area contributed by atoms with E-state index in [1.807, 2.05) is 0 Å². The van der Waals surface area contributed by atoms with Gasteiger partial charge in [-0.2, -0.15) is 0 Å². The lowest BCUT2D eigenvalue weighted by Gasteiger charge is -2.08. The van der Waals surface area contributed by atoms with Gasteiger partial charge in [0.15, 0.2) is 0 Å². The summed E-state index contributed by atoms with van der Waals surface area (Å²) in [4.78, 5) is 14.0. The minimum atomic E-state index is -0.491. The number of pyridine rings is 1. The third-order valence-electron chi connectivity index (χ3n) is 1.88. The van der Waals surface area contributed by atoms with Crippen molar-refractivity contribution in [3.8, 4) is 0 Å². The molecule has 1 aromatic rings. The van der Waals surface area contributed by atoms with Crippen LogP contribution in [0.1, 0.15) is 5.69 Å². The molecule has 0 saturated heterocycles. The van der Waals surface area contributed by atoms with Crippen molar-refractivity contribution in [2.45, 2.75) is 11.8 Å². The molecule has 0 aliphatic heterocycles. The predicted octanol–water partition coefficient (Wildman–Crippen LogP) is 2.55. The largest absolute Gasteiger partial charge is 0.383 e. The Morgan fingerprint density at radius 2 is 2.44 bits per heavy atom. The van der Waals surface area contributed by atoms with Gasteiger partial charge in [0.1, 0.15) is 6.20 Å². The standard InChI is InChI=1S/C9H10BrClN2O3/c1-16-5-6(11)2-9-8(10)3-7(4-12-9)13(14)15/h3-4,6H,2,5H2,1H3. The lowest BCUT2D eigenvalue weighted by Crippen LogP contribution is -2.12. The van der Waals surface area contributed by atoms with Crippen molar-refractivity contribution >= 4 is 33.2 Å². The number of hydrogen-bond acceptors (Lipinski definition) is 4. The first-order chi connectivity index (χ1) is 7.54. The smallest absolute Gasteiger partial charge is 0.288 e. The van der Waals surface area contributed by atoms with Crippen LogP contribution in [0.3, 0.4) is 0 Å². The van der Waals surface area contributed by atoms with Gasteiger partial charge in [-0.1, -0.05) is 0 Å². The summed E-state index contributed by atoms with van der Waals surface area (Å²) in [7, 11) is 1.56. The first-order valence-corrected chi connectivity index (χ1v) is 5.69.